The number of hydrogen-bond donors (Lipinski definition) is 0. The Hall–Kier alpha value is -2.58. The topological polar surface area (TPSA) is 94.4 Å². The predicted molar refractivity (Wildman–Crippen MR) is 111 cm³/mol. The number of carbonyl (C=O) groups excluding carboxylic acids is 1. The van der Waals surface area contributed by atoms with Gasteiger partial charge in [-0.2, -0.15) is 20.9 Å². The minimum Gasteiger partial charge on any atom is -0.335 e. The van der Waals surface area contributed by atoms with E-state index in [9.17, 15) is 18.5 Å². The first-order valence-corrected chi connectivity index (χ1v) is 12.0. The second-order valence-corrected chi connectivity index (χ2v) is 9.90. The van der Waals surface area contributed by atoms with Gasteiger partial charge in [0.05, 0.1) is 10.5 Å². The molecule has 148 valence electrons. The van der Waals surface area contributed by atoms with E-state index >= 15 is 0 Å². The molecule has 3 heterocycles. The van der Waals surface area contributed by atoms with Crippen LogP contribution < -0.4 is 0 Å². The maximum atomic E-state index is 12.9. The molecule has 29 heavy (non-hydrogen) atoms. The Kier molecular flexibility index (Phi) is 5.47. The van der Waals surface area contributed by atoms with Crippen LogP contribution in [0.2, 0.25) is 0 Å². The SMILES string of the molecule is N#Cc1ccccc1S(=O)(=O)N1CCN(C(=O)c2csc(-c3ccsc3)n2)CC1. The summed E-state index contributed by atoms with van der Waals surface area (Å²) in [6, 6.07) is 10.0. The van der Waals surface area contributed by atoms with Gasteiger partial charge < -0.3 is 4.90 Å². The number of benzene rings is 1. The number of thiophene rings is 1. The zero-order chi connectivity index (χ0) is 20.4. The summed E-state index contributed by atoms with van der Waals surface area (Å²) < 4.78 is 27.1. The lowest BCUT2D eigenvalue weighted by Crippen LogP contribution is -2.50. The Morgan fingerprint density at radius 1 is 1.10 bits per heavy atom. The second-order valence-electron chi connectivity index (χ2n) is 6.35. The van der Waals surface area contributed by atoms with Crippen LogP contribution in [0.4, 0.5) is 0 Å². The molecule has 7 nitrogen and oxygen atoms in total. The highest BCUT2D eigenvalue weighted by molar-refractivity contribution is 7.89. The summed E-state index contributed by atoms with van der Waals surface area (Å²) in [7, 11) is -3.78. The minimum absolute atomic E-state index is 0.00202. The molecule has 0 bridgehead atoms. The number of rotatable bonds is 4. The number of amides is 1. The van der Waals surface area contributed by atoms with Gasteiger partial charge in [-0.25, -0.2) is 13.4 Å². The number of nitrogens with zero attached hydrogens (tertiary/aromatic N) is 4. The smallest absolute Gasteiger partial charge is 0.273 e. The van der Waals surface area contributed by atoms with Crippen molar-refractivity contribution < 1.29 is 13.2 Å². The van der Waals surface area contributed by atoms with Crippen LogP contribution in [0.15, 0.2) is 51.4 Å². The van der Waals surface area contributed by atoms with Crippen molar-refractivity contribution in [3.05, 3.63) is 57.7 Å². The highest BCUT2D eigenvalue weighted by Gasteiger charge is 2.32. The molecule has 4 rings (SSSR count). The molecule has 1 aliphatic rings. The average molecular weight is 445 g/mol. The lowest BCUT2D eigenvalue weighted by Gasteiger charge is -2.33. The monoisotopic (exact) mass is 444 g/mol. The third-order valence-corrected chi connectivity index (χ3v) is 8.17. The first-order valence-electron chi connectivity index (χ1n) is 8.77. The molecule has 2 aromatic heterocycles. The number of nitriles is 1. The van der Waals surface area contributed by atoms with E-state index in [1.165, 1.54) is 27.8 Å². The molecule has 0 unspecified atom stereocenters. The zero-order valence-electron chi connectivity index (χ0n) is 15.2. The molecule has 1 aromatic carbocycles. The van der Waals surface area contributed by atoms with Gasteiger partial charge in [0.25, 0.3) is 5.91 Å². The van der Waals surface area contributed by atoms with Crippen LogP contribution in [0.1, 0.15) is 16.1 Å². The van der Waals surface area contributed by atoms with E-state index in [1.807, 2.05) is 22.9 Å². The quantitative estimate of drug-likeness (QED) is 0.617. The molecule has 0 aliphatic carbocycles. The third kappa shape index (κ3) is 3.82. The van der Waals surface area contributed by atoms with Crippen molar-refractivity contribution >= 4 is 38.6 Å². The average Bonchev–Trinajstić information content (AvgIpc) is 3.45. The Labute approximate surface area is 176 Å². The Bertz CT molecular complexity index is 1170. The summed E-state index contributed by atoms with van der Waals surface area (Å²) in [6.07, 6.45) is 0. The molecule has 10 heteroatoms. The van der Waals surface area contributed by atoms with Gasteiger partial charge in [-0.3, -0.25) is 4.79 Å². The van der Waals surface area contributed by atoms with Crippen LogP contribution in [0.25, 0.3) is 10.6 Å². The lowest BCUT2D eigenvalue weighted by atomic mass is 10.2. The van der Waals surface area contributed by atoms with Gasteiger partial charge >= 0.3 is 0 Å². The Morgan fingerprint density at radius 2 is 1.86 bits per heavy atom. The lowest BCUT2D eigenvalue weighted by molar-refractivity contribution is 0.0693. The fourth-order valence-electron chi connectivity index (χ4n) is 3.11. The van der Waals surface area contributed by atoms with E-state index in [2.05, 4.69) is 4.98 Å². The van der Waals surface area contributed by atoms with Crippen molar-refractivity contribution in [1.82, 2.24) is 14.2 Å². The van der Waals surface area contributed by atoms with Crippen molar-refractivity contribution in [3.63, 3.8) is 0 Å². The molecular formula is C19H16N4O3S3. The normalized spacial score (nSPS) is 15.2. The molecule has 1 fully saturated rings. The fraction of sp³-hybridized carbons (Fsp3) is 0.211. The summed E-state index contributed by atoms with van der Waals surface area (Å²) in [5, 5.41) is 15.7. The van der Waals surface area contributed by atoms with Gasteiger partial charge in [0, 0.05) is 42.5 Å². The van der Waals surface area contributed by atoms with Crippen molar-refractivity contribution in [3.8, 4) is 16.6 Å². The molecule has 0 radical (unpaired) electrons. The number of piperazine rings is 1. The van der Waals surface area contributed by atoms with E-state index in [-0.39, 0.29) is 42.5 Å². The summed E-state index contributed by atoms with van der Waals surface area (Å²) in [4.78, 5) is 18.8. The molecule has 1 aliphatic heterocycles. The second kappa shape index (κ2) is 8.04. The van der Waals surface area contributed by atoms with E-state index in [4.69, 9.17) is 0 Å². The molecule has 0 spiro atoms. The largest absolute Gasteiger partial charge is 0.335 e. The minimum atomic E-state index is -3.78. The van der Waals surface area contributed by atoms with Crippen LogP contribution in [0, 0.1) is 11.3 Å². The van der Waals surface area contributed by atoms with Crippen LogP contribution in [0.3, 0.4) is 0 Å². The Balaban J connectivity index is 1.45. The van der Waals surface area contributed by atoms with E-state index in [0.717, 1.165) is 10.6 Å². The highest BCUT2D eigenvalue weighted by atomic mass is 32.2. The van der Waals surface area contributed by atoms with Crippen molar-refractivity contribution in [2.45, 2.75) is 4.90 Å². The number of hydrogen-bond acceptors (Lipinski definition) is 7. The van der Waals surface area contributed by atoms with Gasteiger partial charge in [0.2, 0.25) is 10.0 Å². The number of aromatic nitrogens is 1. The molecule has 0 saturated carbocycles. The van der Waals surface area contributed by atoms with E-state index < -0.39 is 10.0 Å². The van der Waals surface area contributed by atoms with E-state index in [0.29, 0.717) is 5.69 Å². The summed E-state index contributed by atoms with van der Waals surface area (Å²) in [5.74, 6) is -0.197. The van der Waals surface area contributed by atoms with Crippen LogP contribution in [-0.4, -0.2) is 54.7 Å². The molecule has 1 saturated heterocycles. The number of thiazole rings is 1. The summed E-state index contributed by atoms with van der Waals surface area (Å²) in [6.45, 7) is 0.904. The number of sulfonamides is 1. The van der Waals surface area contributed by atoms with Gasteiger partial charge in [-0.1, -0.05) is 12.1 Å². The van der Waals surface area contributed by atoms with Crippen LogP contribution in [0.5, 0.6) is 0 Å². The third-order valence-electron chi connectivity index (χ3n) is 4.64. The van der Waals surface area contributed by atoms with Gasteiger partial charge in [0.1, 0.15) is 16.8 Å². The van der Waals surface area contributed by atoms with Gasteiger partial charge in [-0.15, -0.1) is 11.3 Å². The summed E-state index contributed by atoms with van der Waals surface area (Å²) in [5.41, 5.74) is 1.49. The van der Waals surface area contributed by atoms with Crippen molar-refractivity contribution in [2.24, 2.45) is 0 Å². The van der Waals surface area contributed by atoms with Crippen LogP contribution in [-0.2, 0) is 10.0 Å². The molecule has 1 amide bonds. The van der Waals surface area contributed by atoms with Gasteiger partial charge in [-0.05, 0) is 23.6 Å². The van der Waals surface area contributed by atoms with Crippen LogP contribution >= 0.6 is 22.7 Å². The predicted octanol–water partition coefficient (Wildman–Crippen LogP) is 2.89. The fourth-order valence-corrected chi connectivity index (χ4v) is 6.18. The first kappa shape index (κ1) is 19.7. The summed E-state index contributed by atoms with van der Waals surface area (Å²) >= 11 is 2.99. The molecule has 0 N–H and O–H groups in total. The van der Waals surface area contributed by atoms with Gasteiger partial charge in [0.15, 0.2) is 0 Å². The van der Waals surface area contributed by atoms with Crippen molar-refractivity contribution in [2.75, 3.05) is 26.2 Å². The van der Waals surface area contributed by atoms with E-state index in [1.54, 1.807) is 33.7 Å². The maximum Gasteiger partial charge on any atom is 0.273 e. The standard InChI is InChI=1S/C19H16N4O3S3/c20-11-14-3-1-2-4-17(14)29(25,26)23-8-6-22(7-9-23)19(24)16-13-28-18(21-16)15-5-10-27-12-15/h1-5,10,12-13H,6-9H2. The highest BCUT2D eigenvalue weighted by Crippen LogP contribution is 2.27. The van der Waals surface area contributed by atoms with Crippen molar-refractivity contribution in [1.29, 1.82) is 5.26 Å². The molecular weight excluding hydrogens is 428 g/mol. The number of carbonyl (C=O) groups is 1. The Morgan fingerprint density at radius 3 is 2.55 bits per heavy atom. The zero-order valence-corrected chi connectivity index (χ0v) is 17.6. The maximum absolute atomic E-state index is 12.9. The molecule has 0 atom stereocenters. The first-order chi connectivity index (χ1) is 14.0. The molecule has 3 aromatic rings.